The lowest BCUT2D eigenvalue weighted by Crippen LogP contribution is -2.30. The first-order chi connectivity index (χ1) is 8.41. The topological polar surface area (TPSA) is 74.7 Å². The Morgan fingerprint density at radius 1 is 1.44 bits per heavy atom. The summed E-state index contributed by atoms with van der Waals surface area (Å²) in [5.41, 5.74) is 0.322. The van der Waals surface area contributed by atoms with E-state index in [4.69, 9.17) is 5.11 Å². The van der Waals surface area contributed by atoms with E-state index in [1.165, 1.54) is 12.1 Å². The molecule has 0 radical (unpaired) electrons. The number of carbonyl (C=O) groups excluding carboxylic acids is 2. The van der Waals surface area contributed by atoms with Gasteiger partial charge in [0.15, 0.2) is 0 Å². The highest BCUT2D eigenvalue weighted by molar-refractivity contribution is 9.10. The molecule has 0 bridgehead atoms. The molecule has 5 nitrogen and oxygen atoms in total. The highest BCUT2D eigenvalue weighted by Crippen LogP contribution is 2.29. The van der Waals surface area contributed by atoms with Gasteiger partial charge in [0, 0.05) is 16.8 Å². The molecule has 1 aliphatic heterocycles. The first-order valence-electron chi connectivity index (χ1n) is 5.31. The summed E-state index contributed by atoms with van der Waals surface area (Å²) in [6.07, 6.45) is 0.164. The minimum absolute atomic E-state index is 0.0210. The third-order valence-corrected chi connectivity index (χ3v) is 3.50. The molecule has 1 saturated heterocycles. The molecular formula is C12H10BrNO4. The fraction of sp³-hybridized carbons (Fsp3) is 0.250. The average molecular weight is 312 g/mol. The minimum Gasteiger partial charge on any atom is -0.478 e. The molecule has 0 aliphatic carbocycles. The van der Waals surface area contributed by atoms with Gasteiger partial charge in [-0.3, -0.25) is 14.5 Å². The quantitative estimate of drug-likeness (QED) is 0.848. The number of anilines is 1. The van der Waals surface area contributed by atoms with Crippen molar-refractivity contribution in [1.29, 1.82) is 0 Å². The predicted molar refractivity (Wildman–Crippen MR) is 67.4 cm³/mol. The molecule has 2 rings (SSSR count). The maximum absolute atomic E-state index is 11.8. The average Bonchev–Trinajstić information content (AvgIpc) is 2.54. The molecule has 1 aromatic rings. The molecule has 1 aliphatic rings. The second-order valence-corrected chi connectivity index (χ2v) is 5.00. The van der Waals surface area contributed by atoms with Crippen molar-refractivity contribution in [2.24, 2.45) is 5.92 Å². The molecule has 1 N–H and O–H groups in total. The molecule has 18 heavy (non-hydrogen) atoms. The summed E-state index contributed by atoms with van der Waals surface area (Å²) in [4.78, 5) is 35.6. The highest BCUT2D eigenvalue weighted by atomic mass is 79.9. The maximum Gasteiger partial charge on any atom is 0.336 e. The Kier molecular flexibility index (Phi) is 3.21. The Morgan fingerprint density at radius 3 is 2.61 bits per heavy atom. The predicted octanol–water partition coefficient (Wildman–Crippen LogP) is 2.05. The molecule has 2 amide bonds. The zero-order valence-corrected chi connectivity index (χ0v) is 11.1. The van der Waals surface area contributed by atoms with Crippen molar-refractivity contribution in [3.8, 4) is 0 Å². The number of hydrogen-bond donors (Lipinski definition) is 1. The Labute approximate surface area is 112 Å². The number of hydrogen-bond acceptors (Lipinski definition) is 3. The number of benzene rings is 1. The SMILES string of the molecule is CC1CC(=O)N(c2ccc(Br)c(C(=O)O)c2)C1=O. The Morgan fingerprint density at radius 2 is 2.11 bits per heavy atom. The van der Waals surface area contributed by atoms with Crippen LogP contribution in [0.5, 0.6) is 0 Å². The van der Waals surface area contributed by atoms with Gasteiger partial charge in [-0.05, 0) is 34.1 Å². The Balaban J connectivity index is 2.46. The standard InChI is InChI=1S/C12H10BrNO4/c1-6-4-10(15)14(11(6)16)7-2-3-9(13)8(5-7)12(17)18/h2-3,5-6H,4H2,1H3,(H,17,18). The molecule has 94 valence electrons. The van der Waals surface area contributed by atoms with Crippen LogP contribution >= 0.6 is 15.9 Å². The number of aromatic carboxylic acids is 1. The Bertz CT molecular complexity index is 555. The molecule has 1 aromatic carbocycles. The molecule has 1 atom stereocenters. The second kappa shape index (κ2) is 4.53. The van der Waals surface area contributed by atoms with E-state index in [2.05, 4.69) is 15.9 Å². The van der Waals surface area contributed by atoms with Crippen LogP contribution in [-0.2, 0) is 9.59 Å². The van der Waals surface area contributed by atoms with Crippen molar-refractivity contribution < 1.29 is 19.5 Å². The minimum atomic E-state index is -1.11. The monoisotopic (exact) mass is 311 g/mol. The highest BCUT2D eigenvalue weighted by Gasteiger charge is 2.36. The smallest absolute Gasteiger partial charge is 0.336 e. The van der Waals surface area contributed by atoms with Crippen LogP contribution in [0.2, 0.25) is 0 Å². The van der Waals surface area contributed by atoms with E-state index in [1.807, 2.05) is 0 Å². The van der Waals surface area contributed by atoms with Gasteiger partial charge in [-0.2, -0.15) is 0 Å². The fourth-order valence-electron chi connectivity index (χ4n) is 1.87. The molecule has 0 saturated carbocycles. The van der Waals surface area contributed by atoms with Gasteiger partial charge in [0.25, 0.3) is 0 Å². The lowest BCUT2D eigenvalue weighted by molar-refractivity contribution is -0.122. The zero-order valence-electron chi connectivity index (χ0n) is 9.51. The van der Waals surface area contributed by atoms with Crippen LogP contribution in [-0.4, -0.2) is 22.9 Å². The number of nitrogens with zero attached hydrogens (tertiary/aromatic N) is 1. The van der Waals surface area contributed by atoms with Crippen molar-refractivity contribution in [3.63, 3.8) is 0 Å². The van der Waals surface area contributed by atoms with E-state index in [0.29, 0.717) is 10.2 Å². The van der Waals surface area contributed by atoms with Crippen LogP contribution in [0.1, 0.15) is 23.7 Å². The summed E-state index contributed by atoms with van der Waals surface area (Å²) in [5.74, 6) is -2.06. The van der Waals surface area contributed by atoms with Crippen LogP contribution in [0.3, 0.4) is 0 Å². The van der Waals surface area contributed by atoms with E-state index in [9.17, 15) is 14.4 Å². The number of imide groups is 1. The summed E-state index contributed by atoms with van der Waals surface area (Å²) < 4.78 is 0.408. The van der Waals surface area contributed by atoms with E-state index < -0.39 is 5.97 Å². The molecule has 0 aromatic heterocycles. The lowest BCUT2D eigenvalue weighted by atomic mass is 10.1. The van der Waals surface area contributed by atoms with E-state index in [0.717, 1.165) is 4.90 Å². The van der Waals surface area contributed by atoms with Gasteiger partial charge in [0.2, 0.25) is 11.8 Å². The first kappa shape index (κ1) is 12.8. The maximum atomic E-state index is 11.8. The van der Waals surface area contributed by atoms with Crippen molar-refractivity contribution in [2.45, 2.75) is 13.3 Å². The molecule has 6 heteroatoms. The zero-order chi connectivity index (χ0) is 13.4. The van der Waals surface area contributed by atoms with Gasteiger partial charge in [0.1, 0.15) is 0 Å². The van der Waals surface area contributed by atoms with Gasteiger partial charge >= 0.3 is 5.97 Å². The van der Waals surface area contributed by atoms with E-state index in [1.54, 1.807) is 13.0 Å². The summed E-state index contributed by atoms with van der Waals surface area (Å²) in [6.45, 7) is 1.68. The third-order valence-electron chi connectivity index (χ3n) is 2.81. The van der Waals surface area contributed by atoms with Crippen LogP contribution < -0.4 is 4.90 Å². The van der Waals surface area contributed by atoms with E-state index in [-0.39, 0.29) is 29.7 Å². The van der Waals surface area contributed by atoms with Crippen molar-refractivity contribution in [3.05, 3.63) is 28.2 Å². The van der Waals surface area contributed by atoms with Gasteiger partial charge in [0.05, 0.1) is 11.3 Å². The van der Waals surface area contributed by atoms with Gasteiger partial charge in [-0.15, -0.1) is 0 Å². The molecule has 0 spiro atoms. The van der Waals surface area contributed by atoms with Crippen molar-refractivity contribution in [1.82, 2.24) is 0 Å². The Hall–Kier alpha value is -1.69. The lowest BCUT2D eigenvalue weighted by Gasteiger charge is -2.15. The van der Waals surface area contributed by atoms with Crippen molar-refractivity contribution >= 4 is 39.4 Å². The van der Waals surface area contributed by atoms with Gasteiger partial charge < -0.3 is 5.11 Å². The molecule has 1 fully saturated rings. The number of carbonyl (C=O) groups is 3. The summed E-state index contributed by atoms with van der Waals surface area (Å²) in [6, 6.07) is 4.38. The van der Waals surface area contributed by atoms with Crippen LogP contribution in [0.25, 0.3) is 0 Å². The third kappa shape index (κ3) is 2.03. The first-order valence-corrected chi connectivity index (χ1v) is 6.10. The normalized spacial score (nSPS) is 19.4. The number of amides is 2. The van der Waals surface area contributed by atoms with Crippen molar-refractivity contribution in [2.75, 3.05) is 4.90 Å². The second-order valence-electron chi connectivity index (χ2n) is 4.14. The number of carboxylic acid groups (broad SMARTS) is 1. The van der Waals surface area contributed by atoms with E-state index >= 15 is 0 Å². The van der Waals surface area contributed by atoms with Crippen LogP contribution in [0, 0.1) is 5.92 Å². The van der Waals surface area contributed by atoms with Gasteiger partial charge in [-0.1, -0.05) is 6.92 Å². The number of carboxylic acids is 1. The number of rotatable bonds is 2. The largest absolute Gasteiger partial charge is 0.478 e. The molecular weight excluding hydrogens is 302 g/mol. The van der Waals surface area contributed by atoms with Crippen LogP contribution in [0.4, 0.5) is 5.69 Å². The fourth-order valence-corrected chi connectivity index (χ4v) is 2.29. The van der Waals surface area contributed by atoms with Gasteiger partial charge in [-0.25, -0.2) is 4.79 Å². The summed E-state index contributed by atoms with van der Waals surface area (Å²) in [7, 11) is 0. The summed E-state index contributed by atoms with van der Waals surface area (Å²) >= 11 is 3.11. The molecule has 1 unspecified atom stereocenters. The number of halogens is 1. The van der Waals surface area contributed by atoms with Crippen LogP contribution in [0.15, 0.2) is 22.7 Å². The molecule has 1 heterocycles. The summed E-state index contributed by atoms with van der Waals surface area (Å²) in [5, 5.41) is 9.00.